The Morgan fingerprint density at radius 3 is 1.85 bits per heavy atom. The molecule has 0 aliphatic rings. The number of rotatable bonds is 5. The maximum Gasteiger partial charge on any atom is 0.00967 e. The fourth-order valence-corrected chi connectivity index (χ4v) is 2.66. The van der Waals surface area contributed by atoms with Crippen LogP contribution in [0.15, 0.2) is 12.1 Å². The smallest absolute Gasteiger partial charge is 0.00967 e. The van der Waals surface area contributed by atoms with Crippen LogP contribution in [-0.4, -0.2) is 12.1 Å². The van der Waals surface area contributed by atoms with Crippen LogP contribution in [0.25, 0.3) is 0 Å². The standard InChI is InChI=1S/C19H33N/c1-14-11-15(2)17(16(3)12-14)9-10-19(7,8)13-20-18(4,5)6/h11-12,20H,9-10,13H2,1-8H3. The molecule has 1 aromatic carbocycles. The van der Waals surface area contributed by atoms with E-state index in [1.165, 1.54) is 29.5 Å². The summed E-state index contributed by atoms with van der Waals surface area (Å²) in [5.74, 6) is 0. The zero-order valence-electron chi connectivity index (χ0n) is 14.8. The number of benzene rings is 1. The molecule has 1 heteroatoms. The van der Waals surface area contributed by atoms with E-state index in [1.807, 2.05) is 0 Å². The molecule has 0 heterocycles. The van der Waals surface area contributed by atoms with Crippen molar-refractivity contribution in [2.75, 3.05) is 6.54 Å². The summed E-state index contributed by atoms with van der Waals surface area (Å²) in [6, 6.07) is 4.62. The maximum absolute atomic E-state index is 3.64. The predicted octanol–water partition coefficient (Wildman–Crippen LogP) is 4.96. The van der Waals surface area contributed by atoms with Gasteiger partial charge in [0.25, 0.3) is 0 Å². The molecule has 1 rings (SSSR count). The second kappa shape index (κ2) is 6.30. The Morgan fingerprint density at radius 2 is 1.40 bits per heavy atom. The van der Waals surface area contributed by atoms with Gasteiger partial charge < -0.3 is 5.32 Å². The van der Waals surface area contributed by atoms with E-state index in [-0.39, 0.29) is 5.54 Å². The van der Waals surface area contributed by atoms with Crippen LogP contribution in [-0.2, 0) is 6.42 Å². The molecule has 0 saturated carbocycles. The average Bonchev–Trinajstić information content (AvgIpc) is 2.24. The Bertz CT molecular complexity index is 426. The molecule has 0 unspecified atom stereocenters. The van der Waals surface area contributed by atoms with E-state index in [0.29, 0.717) is 5.41 Å². The lowest BCUT2D eigenvalue weighted by Crippen LogP contribution is -2.42. The molecule has 0 spiro atoms. The lowest BCUT2D eigenvalue weighted by molar-refractivity contribution is 0.273. The summed E-state index contributed by atoms with van der Waals surface area (Å²) >= 11 is 0. The summed E-state index contributed by atoms with van der Waals surface area (Å²) < 4.78 is 0. The summed E-state index contributed by atoms with van der Waals surface area (Å²) in [4.78, 5) is 0. The van der Waals surface area contributed by atoms with Crippen molar-refractivity contribution in [2.45, 2.75) is 73.8 Å². The molecule has 0 aliphatic heterocycles. The molecule has 0 saturated heterocycles. The largest absolute Gasteiger partial charge is 0.312 e. The molecule has 20 heavy (non-hydrogen) atoms. The molecule has 0 aliphatic carbocycles. The van der Waals surface area contributed by atoms with Crippen molar-refractivity contribution in [3.8, 4) is 0 Å². The third kappa shape index (κ3) is 5.66. The maximum atomic E-state index is 3.64. The van der Waals surface area contributed by atoms with Crippen molar-refractivity contribution in [1.29, 1.82) is 0 Å². The lowest BCUT2D eigenvalue weighted by Gasteiger charge is -2.31. The summed E-state index contributed by atoms with van der Waals surface area (Å²) in [5.41, 5.74) is 6.34. The molecule has 1 N–H and O–H groups in total. The Labute approximate surface area is 126 Å². The minimum atomic E-state index is 0.201. The fourth-order valence-electron chi connectivity index (χ4n) is 2.66. The Morgan fingerprint density at radius 1 is 0.900 bits per heavy atom. The molecular formula is C19H33N. The zero-order chi connectivity index (χ0) is 15.6. The summed E-state index contributed by atoms with van der Waals surface area (Å²) in [6.45, 7) is 19.2. The van der Waals surface area contributed by atoms with E-state index in [0.717, 1.165) is 6.54 Å². The van der Waals surface area contributed by atoms with E-state index >= 15 is 0 Å². The van der Waals surface area contributed by atoms with Crippen LogP contribution in [0.2, 0.25) is 0 Å². The van der Waals surface area contributed by atoms with Crippen molar-refractivity contribution < 1.29 is 0 Å². The summed E-state index contributed by atoms with van der Waals surface area (Å²) in [5, 5.41) is 3.64. The van der Waals surface area contributed by atoms with Crippen LogP contribution in [0.1, 0.15) is 63.3 Å². The molecule has 0 atom stereocenters. The summed E-state index contributed by atoms with van der Waals surface area (Å²) in [7, 11) is 0. The van der Waals surface area contributed by atoms with Gasteiger partial charge in [-0.1, -0.05) is 31.5 Å². The van der Waals surface area contributed by atoms with Crippen LogP contribution in [0.4, 0.5) is 0 Å². The lowest BCUT2D eigenvalue weighted by atomic mass is 9.83. The second-order valence-corrected chi connectivity index (χ2v) is 8.15. The van der Waals surface area contributed by atoms with Gasteiger partial charge in [0.15, 0.2) is 0 Å². The first-order chi connectivity index (χ1) is 9.00. The number of hydrogen-bond acceptors (Lipinski definition) is 1. The van der Waals surface area contributed by atoms with Gasteiger partial charge >= 0.3 is 0 Å². The van der Waals surface area contributed by atoms with Gasteiger partial charge in [0.2, 0.25) is 0 Å². The highest BCUT2D eigenvalue weighted by Crippen LogP contribution is 2.26. The highest BCUT2D eigenvalue weighted by atomic mass is 14.9. The van der Waals surface area contributed by atoms with Crippen molar-refractivity contribution in [3.05, 3.63) is 34.4 Å². The van der Waals surface area contributed by atoms with E-state index in [2.05, 4.69) is 72.8 Å². The van der Waals surface area contributed by atoms with Crippen LogP contribution in [0.5, 0.6) is 0 Å². The molecule has 0 fully saturated rings. The van der Waals surface area contributed by atoms with E-state index in [1.54, 1.807) is 5.56 Å². The van der Waals surface area contributed by atoms with Gasteiger partial charge in [0, 0.05) is 12.1 Å². The first-order valence-corrected chi connectivity index (χ1v) is 7.82. The normalized spacial score (nSPS) is 12.8. The minimum absolute atomic E-state index is 0.201. The molecule has 114 valence electrons. The van der Waals surface area contributed by atoms with E-state index in [9.17, 15) is 0 Å². The third-order valence-electron chi connectivity index (χ3n) is 3.99. The van der Waals surface area contributed by atoms with Gasteiger partial charge in [-0.2, -0.15) is 0 Å². The first-order valence-electron chi connectivity index (χ1n) is 7.82. The number of nitrogens with one attached hydrogen (secondary N) is 1. The molecule has 0 bridgehead atoms. The SMILES string of the molecule is Cc1cc(C)c(CCC(C)(C)CNC(C)(C)C)c(C)c1. The van der Waals surface area contributed by atoms with E-state index in [4.69, 9.17) is 0 Å². The Balaban J connectivity index is 2.67. The third-order valence-corrected chi connectivity index (χ3v) is 3.99. The first kappa shape index (κ1) is 17.2. The zero-order valence-corrected chi connectivity index (χ0v) is 14.8. The highest BCUT2D eigenvalue weighted by molar-refractivity contribution is 5.37. The van der Waals surface area contributed by atoms with Gasteiger partial charge in [0.1, 0.15) is 0 Å². The molecule has 0 aromatic heterocycles. The van der Waals surface area contributed by atoms with Gasteiger partial charge in [0.05, 0.1) is 0 Å². The van der Waals surface area contributed by atoms with Crippen molar-refractivity contribution >= 4 is 0 Å². The number of hydrogen-bond donors (Lipinski definition) is 1. The fraction of sp³-hybridized carbons (Fsp3) is 0.684. The van der Waals surface area contributed by atoms with Crippen LogP contribution < -0.4 is 5.32 Å². The number of aryl methyl sites for hydroxylation is 3. The quantitative estimate of drug-likeness (QED) is 0.801. The van der Waals surface area contributed by atoms with Crippen LogP contribution in [0.3, 0.4) is 0 Å². The van der Waals surface area contributed by atoms with Gasteiger partial charge in [-0.05, 0) is 76.5 Å². The van der Waals surface area contributed by atoms with Gasteiger partial charge in [-0.3, -0.25) is 0 Å². The Kier molecular flexibility index (Phi) is 5.43. The van der Waals surface area contributed by atoms with Gasteiger partial charge in [-0.15, -0.1) is 0 Å². The second-order valence-electron chi connectivity index (χ2n) is 8.15. The molecular weight excluding hydrogens is 242 g/mol. The Hall–Kier alpha value is -0.820. The minimum Gasteiger partial charge on any atom is -0.312 e. The summed E-state index contributed by atoms with van der Waals surface area (Å²) in [6.07, 6.45) is 2.40. The van der Waals surface area contributed by atoms with Crippen LogP contribution >= 0.6 is 0 Å². The molecule has 1 nitrogen and oxygen atoms in total. The molecule has 0 amide bonds. The predicted molar refractivity (Wildman–Crippen MR) is 90.5 cm³/mol. The average molecular weight is 275 g/mol. The van der Waals surface area contributed by atoms with Crippen molar-refractivity contribution in [3.63, 3.8) is 0 Å². The van der Waals surface area contributed by atoms with Crippen molar-refractivity contribution in [1.82, 2.24) is 5.32 Å². The van der Waals surface area contributed by atoms with Crippen molar-refractivity contribution in [2.24, 2.45) is 5.41 Å². The van der Waals surface area contributed by atoms with Gasteiger partial charge in [-0.25, -0.2) is 0 Å². The molecule has 1 aromatic rings. The highest BCUT2D eigenvalue weighted by Gasteiger charge is 2.21. The monoisotopic (exact) mass is 275 g/mol. The van der Waals surface area contributed by atoms with E-state index < -0.39 is 0 Å². The van der Waals surface area contributed by atoms with Crippen LogP contribution in [0, 0.1) is 26.2 Å². The molecule has 0 radical (unpaired) electrons. The topological polar surface area (TPSA) is 12.0 Å².